The summed E-state index contributed by atoms with van der Waals surface area (Å²) in [5.41, 5.74) is 0.679. The summed E-state index contributed by atoms with van der Waals surface area (Å²) in [6, 6.07) is 7.73. The summed E-state index contributed by atoms with van der Waals surface area (Å²) in [5.74, 6) is 0. The van der Waals surface area contributed by atoms with Gasteiger partial charge in [0, 0.05) is 11.6 Å². The molecular formula is C14H18Cl2N2. The van der Waals surface area contributed by atoms with Crippen LogP contribution >= 0.6 is 23.2 Å². The van der Waals surface area contributed by atoms with Crippen LogP contribution < -0.4 is 5.32 Å². The first-order valence-electron chi connectivity index (χ1n) is 6.05. The Kier molecular flexibility index (Phi) is 5.78. The van der Waals surface area contributed by atoms with Gasteiger partial charge in [-0.15, -0.1) is 0 Å². The number of hydrogen-bond acceptors (Lipinski definition) is 2. The van der Waals surface area contributed by atoms with Gasteiger partial charge >= 0.3 is 0 Å². The molecule has 0 aromatic heterocycles. The summed E-state index contributed by atoms with van der Waals surface area (Å²) in [5, 5.41) is 13.4. The number of anilines is 1. The van der Waals surface area contributed by atoms with Crippen molar-refractivity contribution in [2.45, 2.75) is 33.1 Å². The molecule has 4 heteroatoms. The molecule has 0 unspecified atom stereocenters. The van der Waals surface area contributed by atoms with Crippen molar-refractivity contribution in [3.05, 3.63) is 28.2 Å². The lowest BCUT2D eigenvalue weighted by atomic mass is 9.89. The van der Waals surface area contributed by atoms with Crippen molar-refractivity contribution < 1.29 is 0 Å². The number of unbranched alkanes of at least 4 members (excludes halogenated alkanes) is 1. The van der Waals surface area contributed by atoms with Crippen LogP contribution in [0.2, 0.25) is 10.0 Å². The average Bonchev–Trinajstić information content (AvgIpc) is 2.31. The Morgan fingerprint density at radius 2 is 2.00 bits per heavy atom. The number of halogens is 2. The fraction of sp³-hybridized carbons (Fsp3) is 0.500. The van der Waals surface area contributed by atoms with Gasteiger partial charge in [0.15, 0.2) is 0 Å². The molecule has 0 aliphatic carbocycles. The second-order valence-electron chi connectivity index (χ2n) is 5.00. The van der Waals surface area contributed by atoms with Gasteiger partial charge in [-0.25, -0.2) is 0 Å². The maximum atomic E-state index is 8.90. The smallest absolute Gasteiger partial charge is 0.0683 e. The van der Waals surface area contributed by atoms with E-state index in [0.717, 1.165) is 31.5 Å². The summed E-state index contributed by atoms with van der Waals surface area (Å²) < 4.78 is 0. The van der Waals surface area contributed by atoms with Crippen molar-refractivity contribution in [1.82, 2.24) is 0 Å². The maximum absolute atomic E-state index is 8.90. The van der Waals surface area contributed by atoms with Crippen LogP contribution in [0.1, 0.15) is 33.1 Å². The van der Waals surface area contributed by atoms with Gasteiger partial charge in [0.2, 0.25) is 0 Å². The molecule has 0 aliphatic heterocycles. The highest BCUT2D eigenvalue weighted by atomic mass is 35.5. The quantitative estimate of drug-likeness (QED) is 0.736. The number of benzene rings is 1. The zero-order valence-corrected chi connectivity index (χ0v) is 12.3. The zero-order valence-electron chi connectivity index (χ0n) is 10.8. The van der Waals surface area contributed by atoms with Gasteiger partial charge in [-0.1, -0.05) is 29.6 Å². The average molecular weight is 285 g/mol. The molecule has 98 valence electrons. The largest absolute Gasteiger partial charge is 0.384 e. The lowest BCUT2D eigenvalue weighted by Crippen LogP contribution is -2.09. The van der Waals surface area contributed by atoms with E-state index in [9.17, 15) is 0 Å². The Bertz CT molecular complexity index is 436. The zero-order chi connectivity index (χ0) is 13.6. The fourth-order valence-electron chi connectivity index (χ4n) is 1.60. The Hall–Kier alpha value is -0.910. The lowest BCUT2D eigenvalue weighted by molar-refractivity contribution is 0.430. The normalized spacial score (nSPS) is 11.1. The summed E-state index contributed by atoms with van der Waals surface area (Å²) in [4.78, 5) is 0. The Balaban J connectivity index is 2.29. The van der Waals surface area contributed by atoms with E-state index in [0.29, 0.717) is 10.0 Å². The van der Waals surface area contributed by atoms with E-state index >= 15 is 0 Å². The molecule has 0 fully saturated rings. The van der Waals surface area contributed by atoms with Crippen molar-refractivity contribution in [2.24, 2.45) is 5.41 Å². The molecule has 0 radical (unpaired) electrons. The van der Waals surface area contributed by atoms with E-state index in [-0.39, 0.29) is 5.41 Å². The summed E-state index contributed by atoms with van der Waals surface area (Å²) >= 11 is 11.9. The predicted molar refractivity (Wildman–Crippen MR) is 78.2 cm³/mol. The first-order chi connectivity index (χ1) is 8.44. The Morgan fingerprint density at radius 3 is 2.61 bits per heavy atom. The second-order valence-corrected chi connectivity index (χ2v) is 5.85. The van der Waals surface area contributed by atoms with Gasteiger partial charge in [0.25, 0.3) is 0 Å². The van der Waals surface area contributed by atoms with Crippen LogP contribution in [-0.2, 0) is 0 Å². The van der Waals surface area contributed by atoms with Crippen molar-refractivity contribution in [3.8, 4) is 6.07 Å². The lowest BCUT2D eigenvalue weighted by Gasteiger charge is -2.14. The standard InChI is InChI=1S/C14H18Cl2N2/c1-14(2,10-17)7-3-4-8-18-13-6-5-11(15)9-12(13)16/h5-6,9,18H,3-4,7-8H2,1-2H3. The third kappa shape index (κ3) is 5.16. The van der Waals surface area contributed by atoms with Crippen molar-refractivity contribution in [3.63, 3.8) is 0 Å². The molecule has 18 heavy (non-hydrogen) atoms. The van der Waals surface area contributed by atoms with Crippen LogP contribution in [0, 0.1) is 16.7 Å². The Morgan fingerprint density at radius 1 is 1.28 bits per heavy atom. The highest BCUT2D eigenvalue weighted by molar-refractivity contribution is 6.36. The molecule has 1 aromatic carbocycles. The van der Waals surface area contributed by atoms with Gasteiger partial charge in [0.1, 0.15) is 0 Å². The van der Waals surface area contributed by atoms with E-state index < -0.39 is 0 Å². The fourth-order valence-corrected chi connectivity index (χ4v) is 2.08. The van der Waals surface area contributed by atoms with Gasteiger partial charge in [-0.3, -0.25) is 0 Å². The SMILES string of the molecule is CC(C)(C#N)CCCCNc1ccc(Cl)cc1Cl. The van der Waals surface area contributed by atoms with Crippen LogP contribution in [0.3, 0.4) is 0 Å². The first kappa shape index (κ1) is 15.1. The topological polar surface area (TPSA) is 35.8 Å². The summed E-state index contributed by atoms with van der Waals surface area (Å²) in [7, 11) is 0. The van der Waals surface area contributed by atoms with Crippen LogP contribution in [0.5, 0.6) is 0 Å². The van der Waals surface area contributed by atoms with E-state index in [4.69, 9.17) is 28.5 Å². The molecule has 1 aromatic rings. The van der Waals surface area contributed by atoms with E-state index in [1.807, 2.05) is 26.0 Å². The minimum Gasteiger partial charge on any atom is -0.384 e. The van der Waals surface area contributed by atoms with Gasteiger partial charge in [-0.05, 0) is 44.9 Å². The molecule has 0 atom stereocenters. The van der Waals surface area contributed by atoms with E-state index in [1.165, 1.54) is 0 Å². The maximum Gasteiger partial charge on any atom is 0.0683 e. The third-order valence-electron chi connectivity index (χ3n) is 2.78. The third-order valence-corrected chi connectivity index (χ3v) is 3.33. The minimum atomic E-state index is -0.224. The molecule has 0 saturated heterocycles. The molecule has 0 saturated carbocycles. The summed E-state index contributed by atoms with van der Waals surface area (Å²) in [6.07, 6.45) is 2.96. The Labute approximate surface area is 119 Å². The molecule has 1 N–H and O–H groups in total. The van der Waals surface area contributed by atoms with Crippen LogP contribution in [0.4, 0.5) is 5.69 Å². The molecular weight excluding hydrogens is 267 g/mol. The van der Waals surface area contributed by atoms with Crippen LogP contribution in [-0.4, -0.2) is 6.54 Å². The molecule has 0 aliphatic rings. The summed E-state index contributed by atoms with van der Waals surface area (Å²) in [6.45, 7) is 4.79. The van der Waals surface area contributed by atoms with Gasteiger partial charge < -0.3 is 5.32 Å². The van der Waals surface area contributed by atoms with E-state index in [1.54, 1.807) is 6.07 Å². The highest BCUT2D eigenvalue weighted by Crippen LogP contribution is 2.26. The van der Waals surface area contributed by atoms with Crippen LogP contribution in [0.15, 0.2) is 18.2 Å². The number of nitrogens with one attached hydrogen (secondary N) is 1. The predicted octanol–water partition coefficient (Wildman–Crippen LogP) is 5.13. The molecule has 0 spiro atoms. The monoisotopic (exact) mass is 284 g/mol. The number of nitriles is 1. The number of rotatable bonds is 6. The first-order valence-corrected chi connectivity index (χ1v) is 6.80. The van der Waals surface area contributed by atoms with Crippen LogP contribution in [0.25, 0.3) is 0 Å². The van der Waals surface area contributed by atoms with E-state index in [2.05, 4.69) is 11.4 Å². The minimum absolute atomic E-state index is 0.224. The molecule has 0 heterocycles. The van der Waals surface area contributed by atoms with Crippen molar-refractivity contribution in [1.29, 1.82) is 5.26 Å². The molecule has 0 bridgehead atoms. The molecule has 0 amide bonds. The highest BCUT2D eigenvalue weighted by Gasteiger charge is 2.15. The number of hydrogen-bond donors (Lipinski definition) is 1. The second kappa shape index (κ2) is 6.87. The van der Waals surface area contributed by atoms with Gasteiger partial charge in [0.05, 0.1) is 22.2 Å². The molecule has 1 rings (SSSR count). The van der Waals surface area contributed by atoms with Gasteiger partial charge in [-0.2, -0.15) is 5.26 Å². The number of nitrogens with zero attached hydrogens (tertiary/aromatic N) is 1. The van der Waals surface area contributed by atoms with Crippen molar-refractivity contribution >= 4 is 28.9 Å². The molecule has 2 nitrogen and oxygen atoms in total. The van der Waals surface area contributed by atoms with Crippen molar-refractivity contribution in [2.75, 3.05) is 11.9 Å².